The minimum Gasteiger partial charge on any atom is -0.469 e. The van der Waals surface area contributed by atoms with Crippen molar-refractivity contribution in [2.45, 2.75) is 19.4 Å². The topological polar surface area (TPSA) is 52.3 Å². The first kappa shape index (κ1) is 9.26. The van der Waals surface area contributed by atoms with Crippen molar-refractivity contribution in [2.24, 2.45) is 17.6 Å². The van der Waals surface area contributed by atoms with Crippen LogP contribution >= 0.6 is 0 Å². The molecule has 0 unspecified atom stereocenters. The molecule has 0 heterocycles. The molecule has 0 spiro atoms. The predicted molar refractivity (Wildman–Crippen MR) is 46.4 cm³/mol. The number of hydrogen-bond acceptors (Lipinski definition) is 3. The maximum atomic E-state index is 11.2. The smallest absolute Gasteiger partial charge is 0.310 e. The van der Waals surface area contributed by atoms with Crippen molar-refractivity contribution in [2.75, 3.05) is 7.11 Å². The SMILES string of the molecule is COC(=O)[C@H]1C[C@@H](C)C=C[C@H]1N. The molecule has 12 heavy (non-hydrogen) atoms. The maximum Gasteiger partial charge on any atom is 0.310 e. The van der Waals surface area contributed by atoms with E-state index in [2.05, 4.69) is 11.7 Å². The number of carbonyl (C=O) groups is 1. The highest BCUT2D eigenvalue weighted by Crippen LogP contribution is 2.23. The van der Waals surface area contributed by atoms with Gasteiger partial charge in [0.15, 0.2) is 0 Å². The third-order valence-corrected chi connectivity index (χ3v) is 2.26. The zero-order chi connectivity index (χ0) is 9.14. The van der Waals surface area contributed by atoms with E-state index in [0.717, 1.165) is 6.42 Å². The van der Waals surface area contributed by atoms with Gasteiger partial charge in [-0.3, -0.25) is 4.79 Å². The first-order valence-corrected chi connectivity index (χ1v) is 4.17. The van der Waals surface area contributed by atoms with Crippen LogP contribution in [0.2, 0.25) is 0 Å². The number of ether oxygens (including phenoxy) is 1. The highest BCUT2D eigenvalue weighted by Gasteiger charge is 2.28. The van der Waals surface area contributed by atoms with E-state index in [4.69, 9.17) is 5.73 Å². The van der Waals surface area contributed by atoms with Gasteiger partial charge in [-0.25, -0.2) is 0 Å². The number of carbonyl (C=O) groups excluding carboxylic acids is 1. The molecule has 1 aliphatic rings. The minimum absolute atomic E-state index is 0.157. The minimum atomic E-state index is -0.196. The van der Waals surface area contributed by atoms with Crippen LogP contribution in [0.5, 0.6) is 0 Å². The number of rotatable bonds is 1. The number of methoxy groups -OCH3 is 1. The van der Waals surface area contributed by atoms with Crippen molar-refractivity contribution in [3.63, 3.8) is 0 Å². The van der Waals surface area contributed by atoms with Gasteiger partial charge in [-0.15, -0.1) is 0 Å². The van der Waals surface area contributed by atoms with Crippen molar-refractivity contribution in [1.82, 2.24) is 0 Å². The van der Waals surface area contributed by atoms with Crippen LogP contribution in [-0.4, -0.2) is 19.1 Å². The van der Waals surface area contributed by atoms with Crippen molar-refractivity contribution in [3.05, 3.63) is 12.2 Å². The monoisotopic (exact) mass is 169 g/mol. The van der Waals surface area contributed by atoms with Crippen LogP contribution < -0.4 is 5.73 Å². The fraction of sp³-hybridized carbons (Fsp3) is 0.667. The Hall–Kier alpha value is -0.830. The third-order valence-electron chi connectivity index (χ3n) is 2.26. The number of hydrogen-bond donors (Lipinski definition) is 1. The van der Waals surface area contributed by atoms with E-state index in [-0.39, 0.29) is 17.9 Å². The summed E-state index contributed by atoms with van der Waals surface area (Å²) in [4.78, 5) is 11.2. The molecule has 3 nitrogen and oxygen atoms in total. The molecule has 0 fully saturated rings. The lowest BCUT2D eigenvalue weighted by molar-refractivity contribution is -0.146. The summed E-state index contributed by atoms with van der Waals surface area (Å²) >= 11 is 0. The largest absolute Gasteiger partial charge is 0.469 e. The standard InChI is InChI=1S/C9H15NO2/c1-6-3-4-8(10)7(5-6)9(11)12-2/h3-4,6-8H,5,10H2,1-2H3/t6-,7-,8+/m0/s1. The second-order valence-corrected chi connectivity index (χ2v) is 3.30. The molecule has 3 heteroatoms. The van der Waals surface area contributed by atoms with Crippen LogP contribution in [0, 0.1) is 11.8 Å². The summed E-state index contributed by atoms with van der Waals surface area (Å²) in [5.41, 5.74) is 5.73. The Morgan fingerprint density at radius 2 is 2.25 bits per heavy atom. The molecule has 0 aromatic rings. The summed E-state index contributed by atoms with van der Waals surface area (Å²) in [7, 11) is 1.40. The van der Waals surface area contributed by atoms with E-state index in [0.29, 0.717) is 5.92 Å². The van der Waals surface area contributed by atoms with Gasteiger partial charge in [0.1, 0.15) is 0 Å². The Balaban J connectivity index is 2.65. The molecule has 68 valence electrons. The number of nitrogens with two attached hydrogens (primary N) is 1. The van der Waals surface area contributed by atoms with Crippen molar-refractivity contribution in [3.8, 4) is 0 Å². The van der Waals surface area contributed by atoms with Gasteiger partial charge in [0.25, 0.3) is 0 Å². The molecule has 0 saturated heterocycles. The highest BCUT2D eigenvalue weighted by atomic mass is 16.5. The first-order valence-electron chi connectivity index (χ1n) is 4.17. The molecule has 0 aromatic heterocycles. The van der Waals surface area contributed by atoms with Crippen LogP contribution in [0.4, 0.5) is 0 Å². The molecule has 1 rings (SSSR count). The fourth-order valence-corrected chi connectivity index (χ4v) is 1.49. The van der Waals surface area contributed by atoms with Gasteiger partial charge in [0.2, 0.25) is 0 Å². The van der Waals surface area contributed by atoms with E-state index in [1.165, 1.54) is 7.11 Å². The quantitative estimate of drug-likeness (QED) is 0.464. The van der Waals surface area contributed by atoms with Crippen LogP contribution in [0.25, 0.3) is 0 Å². The molecular formula is C9H15NO2. The molecule has 0 bridgehead atoms. The summed E-state index contributed by atoms with van der Waals surface area (Å²) in [5.74, 6) is 0.0719. The lowest BCUT2D eigenvalue weighted by Crippen LogP contribution is -2.37. The molecule has 0 aliphatic heterocycles. The van der Waals surface area contributed by atoms with E-state index in [9.17, 15) is 4.79 Å². The van der Waals surface area contributed by atoms with Crippen molar-refractivity contribution >= 4 is 5.97 Å². The van der Waals surface area contributed by atoms with Crippen LogP contribution in [0.3, 0.4) is 0 Å². The van der Waals surface area contributed by atoms with Gasteiger partial charge >= 0.3 is 5.97 Å². The third kappa shape index (κ3) is 1.85. The lowest BCUT2D eigenvalue weighted by Gasteiger charge is -2.25. The van der Waals surface area contributed by atoms with Crippen LogP contribution in [0.1, 0.15) is 13.3 Å². The van der Waals surface area contributed by atoms with Gasteiger partial charge in [-0.1, -0.05) is 19.1 Å². The molecule has 1 aliphatic carbocycles. The molecule has 3 atom stereocenters. The number of allylic oxidation sites excluding steroid dienone is 1. The summed E-state index contributed by atoms with van der Waals surface area (Å²) < 4.78 is 4.66. The molecule has 0 aromatic carbocycles. The second-order valence-electron chi connectivity index (χ2n) is 3.30. The molecule has 2 N–H and O–H groups in total. The average Bonchev–Trinajstić information content (AvgIpc) is 2.08. The zero-order valence-corrected chi connectivity index (χ0v) is 7.49. The van der Waals surface area contributed by atoms with Crippen LogP contribution in [0.15, 0.2) is 12.2 Å². The van der Waals surface area contributed by atoms with Gasteiger partial charge < -0.3 is 10.5 Å². The Bertz CT molecular complexity index is 201. The molecule has 0 radical (unpaired) electrons. The summed E-state index contributed by atoms with van der Waals surface area (Å²) in [6, 6.07) is -0.173. The normalized spacial score (nSPS) is 34.8. The summed E-state index contributed by atoms with van der Waals surface area (Å²) in [6.07, 6.45) is 4.73. The first-order chi connectivity index (χ1) is 5.65. The number of esters is 1. The highest BCUT2D eigenvalue weighted by molar-refractivity contribution is 5.73. The Morgan fingerprint density at radius 3 is 2.83 bits per heavy atom. The molecule has 0 saturated carbocycles. The Morgan fingerprint density at radius 1 is 1.58 bits per heavy atom. The van der Waals surface area contributed by atoms with E-state index in [1.807, 2.05) is 12.2 Å². The van der Waals surface area contributed by atoms with Gasteiger partial charge in [0, 0.05) is 6.04 Å². The zero-order valence-electron chi connectivity index (χ0n) is 7.49. The average molecular weight is 169 g/mol. The maximum absolute atomic E-state index is 11.2. The van der Waals surface area contributed by atoms with Gasteiger partial charge in [0.05, 0.1) is 13.0 Å². The fourth-order valence-electron chi connectivity index (χ4n) is 1.49. The summed E-state index contributed by atoms with van der Waals surface area (Å²) in [5, 5.41) is 0. The predicted octanol–water partition coefficient (Wildman–Crippen LogP) is 0.699. The Kier molecular flexibility index (Phi) is 2.87. The van der Waals surface area contributed by atoms with Crippen molar-refractivity contribution < 1.29 is 9.53 Å². The van der Waals surface area contributed by atoms with E-state index in [1.54, 1.807) is 0 Å². The second kappa shape index (κ2) is 3.72. The Labute approximate surface area is 72.6 Å². The van der Waals surface area contributed by atoms with Gasteiger partial charge in [-0.05, 0) is 12.3 Å². The van der Waals surface area contributed by atoms with E-state index >= 15 is 0 Å². The van der Waals surface area contributed by atoms with Crippen LogP contribution in [-0.2, 0) is 9.53 Å². The van der Waals surface area contributed by atoms with Gasteiger partial charge in [-0.2, -0.15) is 0 Å². The van der Waals surface area contributed by atoms with E-state index < -0.39 is 0 Å². The summed E-state index contributed by atoms with van der Waals surface area (Å²) in [6.45, 7) is 2.07. The molecular weight excluding hydrogens is 154 g/mol. The van der Waals surface area contributed by atoms with Crippen molar-refractivity contribution in [1.29, 1.82) is 0 Å². The lowest BCUT2D eigenvalue weighted by atomic mass is 9.84. The molecule has 0 amide bonds.